The molecule has 0 amide bonds. The first-order valence-corrected chi connectivity index (χ1v) is 41.0. The van der Waals surface area contributed by atoms with Gasteiger partial charge in [-0.25, -0.2) is 8.78 Å². The van der Waals surface area contributed by atoms with Crippen molar-refractivity contribution >= 4 is 99.0 Å². The highest BCUT2D eigenvalue weighted by atomic mass is 32.1. The van der Waals surface area contributed by atoms with Gasteiger partial charge in [-0.05, 0) is 190 Å². The van der Waals surface area contributed by atoms with E-state index in [0.29, 0.717) is 11.1 Å². The Labute approximate surface area is 636 Å². The number of benzene rings is 7. The molecule has 106 heavy (non-hydrogen) atoms. The van der Waals surface area contributed by atoms with Crippen molar-refractivity contribution < 1.29 is 18.4 Å². The smallest absolute Gasteiger partial charge is 0.194 e. The number of carbonyl (C=O) groups excluding carboxylic acids is 2. The number of ketones is 2. The molecule has 0 bridgehead atoms. The zero-order chi connectivity index (χ0) is 73.4. The molecule has 0 radical (unpaired) electrons. The van der Waals surface area contributed by atoms with Crippen LogP contribution in [0.1, 0.15) is 239 Å². The van der Waals surface area contributed by atoms with E-state index in [2.05, 4.69) is 149 Å². The molecule has 4 aliphatic rings. The summed E-state index contributed by atoms with van der Waals surface area (Å²) >= 11 is 6.71. The Kier molecular flexibility index (Phi) is 20.6. The van der Waals surface area contributed by atoms with Crippen molar-refractivity contribution in [2.75, 3.05) is 0 Å². The van der Waals surface area contributed by atoms with Crippen molar-refractivity contribution in [3.8, 4) is 45.2 Å². The van der Waals surface area contributed by atoms with Crippen LogP contribution in [0.15, 0.2) is 180 Å². The summed E-state index contributed by atoms with van der Waals surface area (Å²) < 4.78 is 34.3. The highest BCUT2D eigenvalue weighted by molar-refractivity contribution is 7.31. The first kappa shape index (κ1) is 71.6. The number of fused-ring (bicyclic) bond motifs is 12. The second-order valence-electron chi connectivity index (χ2n) is 28.9. The molecular weight excluding hydrogens is 1380 g/mol. The summed E-state index contributed by atoms with van der Waals surface area (Å²) in [6.45, 7) is 8.99. The van der Waals surface area contributed by atoms with Crippen molar-refractivity contribution in [2.24, 2.45) is 0 Å². The summed E-state index contributed by atoms with van der Waals surface area (Å²) in [6, 6.07) is 63.2. The predicted molar refractivity (Wildman–Crippen MR) is 433 cm³/mol. The van der Waals surface area contributed by atoms with Gasteiger partial charge in [0.05, 0.1) is 20.2 Å². The summed E-state index contributed by atoms with van der Waals surface area (Å²) in [5.74, 6) is -2.03. The maximum atomic E-state index is 15.1. The summed E-state index contributed by atoms with van der Waals surface area (Å²) in [4.78, 5) is 33.1. The Morgan fingerprint density at radius 3 is 0.972 bits per heavy atom. The monoisotopic (exact) mass is 1460 g/mol. The topological polar surface area (TPSA) is 129 Å². The van der Waals surface area contributed by atoms with E-state index >= 15 is 8.78 Å². The molecule has 12 heteroatoms. The highest BCUT2D eigenvalue weighted by Crippen LogP contribution is 2.68. The standard InChI is InChI=1S/C94H80F2N4O2S4/c1-5-9-13-17-21-57-25-33-63(34-26-57)93(64-35-27-58(28-36-64)22-18-14-10-6-2)79-51-76-80(52-75(79)89-85(93)91-81(105-89)49-69(103-91)47-77-83(61(53-97)54-98)71-43-41-67(95)45-73(71)87(77)101)94(65-37-29-59(30-38-65)23-19-15-11-7-3,66-39-31-60(32-40-66)24-20-16-12-8-4)86-90(76)106-82-50-70(104-92(82)86)48-78-84(62(55-99)56-100)72-44-42-68(96)46-74(72)88(78)102/h25-52H,5-24H2,1-4H3/b77-47-,78-48-. The van der Waals surface area contributed by atoms with Gasteiger partial charge in [0.15, 0.2) is 11.6 Å². The van der Waals surface area contributed by atoms with Gasteiger partial charge in [-0.2, -0.15) is 21.0 Å². The molecular formula is C94H80F2N4O2S4. The van der Waals surface area contributed by atoms with Crippen molar-refractivity contribution in [2.45, 2.75) is 167 Å². The third kappa shape index (κ3) is 12.4. The van der Waals surface area contributed by atoms with E-state index < -0.39 is 34.0 Å². The largest absolute Gasteiger partial charge is 0.289 e. The van der Waals surface area contributed by atoms with Crippen LogP contribution >= 0.6 is 45.3 Å². The number of nitrogens with zero attached hydrogens (tertiary/aromatic N) is 4. The van der Waals surface area contributed by atoms with E-state index in [0.717, 1.165) is 197 Å². The lowest BCUT2D eigenvalue weighted by atomic mass is 9.65. The summed E-state index contributed by atoms with van der Waals surface area (Å²) in [6.07, 6.45) is 25.9. The minimum absolute atomic E-state index is 0.122. The maximum absolute atomic E-state index is 15.1. The van der Waals surface area contributed by atoms with Crippen LogP contribution in [0.2, 0.25) is 0 Å². The average Bonchev–Trinajstić information content (AvgIpc) is 1.49. The number of unbranched alkanes of at least 4 members (excludes halogenated alkanes) is 12. The number of rotatable bonds is 26. The molecule has 4 heterocycles. The molecule has 0 unspecified atom stereocenters. The van der Waals surface area contributed by atoms with E-state index in [1.165, 1.54) is 84.3 Å². The quantitative estimate of drug-likeness (QED) is 0.0302. The number of hydrogen-bond acceptors (Lipinski definition) is 10. The molecule has 0 saturated heterocycles. The molecule has 0 aliphatic heterocycles. The molecule has 4 aliphatic carbocycles. The summed E-state index contributed by atoms with van der Waals surface area (Å²) in [7, 11) is 0. The molecule has 11 aromatic rings. The van der Waals surface area contributed by atoms with Gasteiger partial charge in [-0.15, -0.1) is 45.3 Å². The zero-order valence-corrected chi connectivity index (χ0v) is 63.6. The molecule has 7 aromatic carbocycles. The average molecular weight is 1460 g/mol. The zero-order valence-electron chi connectivity index (χ0n) is 60.3. The fraction of sp³-hybridized carbons (Fsp3) is 0.277. The molecule has 15 rings (SSSR count). The molecule has 0 spiro atoms. The van der Waals surface area contributed by atoms with Crippen LogP contribution in [-0.2, 0) is 36.5 Å². The van der Waals surface area contributed by atoms with Gasteiger partial charge in [0.1, 0.15) is 47.1 Å². The second-order valence-corrected chi connectivity index (χ2v) is 33.1. The van der Waals surface area contributed by atoms with Gasteiger partial charge < -0.3 is 0 Å². The first-order valence-electron chi connectivity index (χ1n) is 37.8. The number of aryl methyl sites for hydroxylation is 4. The lowest BCUT2D eigenvalue weighted by molar-refractivity contribution is 0.103. The number of nitriles is 4. The number of Topliss-reactive ketones (excluding diaryl/α,β-unsaturated/α-hetero) is 2. The van der Waals surface area contributed by atoms with Crippen LogP contribution in [0.4, 0.5) is 8.78 Å². The Morgan fingerprint density at radius 1 is 0.368 bits per heavy atom. The number of thiophene rings is 4. The third-order valence-electron chi connectivity index (χ3n) is 22.3. The SMILES string of the molecule is CCCCCCc1ccc(C2(c3ccc(CCCCCC)cc3)c3cc4c(cc3-c3sc5cc(/C=C6\C(=O)c7cc(F)ccc7C6=C(C#N)C#N)sc5c32)C(c2ccc(CCCCCC)cc2)(c2ccc(CCCCCC)cc2)c2c-4sc3cc(/C=C4\C(=O)c5cc(F)ccc5C4=C(C#N)C#N)sc23)cc1. The van der Waals surface area contributed by atoms with Gasteiger partial charge in [0.2, 0.25) is 0 Å². The van der Waals surface area contributed by atoms with Crippen molar-refractivity contribution in [3.63, 3.8) is 0 Å². The number of allylic oxidation sites excluding steroid dienone is 6. The first-order chi connectivity index (χ1) is 51.8. The van der Waals surface area contributed by atoms with Crippen LogP contribution in [0.25, 0.3) is 63.0 Å². The van der Waals surface area contributed by atoms with Crippen molar-refractivity contribution in [3.05, 3.63) is 290 Å². The second kappa shape index (κ2) is 30.5. The number of hydrogen-bond donors (Lipinski definition) is 0. The Morgan fingerprint density at radius 2 is 0.679 bits per heavy atom. The van der Waals surface area contributed by atoms with Crippen LogP contribution in [0.5, 0.6) is 0 Å². The lowest BCUT2D eigenvalue weighted by Crippen LogP contribution is -2.30. The normalized spacial score (nSPS) is 14.8. The summed E-state index contributed by atoms with van der Waals surface area (Å²) in [5.41, 5.74) is 16.1. The van der Waals surface area contributed by atoms with Crippen LogP contribution < -0.4 is 0 Å². The Balaban J connectivity index is 1.01. The van der Waals surface area contributed by atoms with Gasteiger partial charge in [-0.3, -0.25) is 9.59 Å². The van der Waals surface area contributed by atoms with E-state index in [-0.39, 0.29) is 44.6 Å². The maximum Gasteiger partial charge on any atom is 0.194 e. The van der Waals surface area contributed by atoms with Crippen molar-refractivity contribution in [1.29, 1.82) is 21.0 Å². The van der Waals surface area contributed by atoms with E-state index in [1.807, 2.05) is 24.3 Å². The van der Waals surface area contributed by atoms with E-state index in [1.54, 1.807) is 57.5 Å². The minimum atomic E-state index is -0.908. The van der Waals surface area contributed by atoms with Gasteiger partial charge >= 0.3 is 0 Å². The highest BCUT2D eigenvalue weighted by Gasteiger charge is 2.55. The molecule has 0 atom stereocenters. The Hall–Kier alpha value is -10.0. The van der Waals surface area contributed by atoms with Gasteiger partial charge in [-0.1, -0.05) is 214 Å². The lowest BCUT2D eigenvalue weighted by Gasteiger charge is -2.36. The number of carbonyl (C=O) groups is 2. The van der Waals surface area contributed by atoms with Gasteiger partial charge in [0, 0.05) is 73.5 Å². The third-order valence-corrected chi connectivity index (χ3v) is 27.1. The van der Waals surface area contributed by atoms with Crippen molar-refractivity contribution in [1.82, 2.24) is 0 Å². The minimum Gasteiger partial charge on any atom is -0.289 e. The van der Waals surface area contributed by atoms with Crippen LogP contribution in [0.3, 0.4) is 0 Å². The molecule has 0 N–H and O–H groups in total. The summed E-state index contributed by atoms with van der Waals surface area (Å²) in [5, 5.41) is 41.7. The van der Waals surface area contributed by atoms with E-state index in [9.17, 15) is 30.6 Å². The molecule has 4 aromatic heterocycles. The molecule has 0 fully saturated rings. The predicted octanol–water partition coefficient (Wildman–Crippen LogP) is 25.9. The fourth-order valence-electron chi connectivity index (χ4n) is 17.1. The van der Waals surface area contributed by atoms with Crippen LogP contribution in [0, 0.1) is 57.0 Å². The molecule has 526 valence electrons. The number of halogens is 2. The van der Waals surface area contributed by atoms with Gasteiger partial charge in [0.25, 0.3) is 0 Å². The Bertz CT molecular complexity index is 5150. The molecule has 6 nitrogen and oxygen atoms in total. The molecule has 0 saturated carbocycles. The van der Waals surface area contributed by atoms with E-state index in [4.69, 9.17) is 0 Å². The fourth-order valence-corrected chi connectivity index (χ4v) is 22.6. The van der Waals surface area contributed by atoms with Crippen LogP contribution in [-0.4, -0.2) is 11.6 Å².